The van der Waals surface area contributed by atoms with Crippen LogP contribution in [0.15, 0.2) is 54.9 Å². The average molecular weight is 688 g/mol. The van der Waals surface area contributed by atoms with Gasteiger partial charge in [0.1, 0.15) is 20.6 Å². The van der Waals surface area contributed by atoms with Crippen molar-refractivity contribution in [3.05, 3.63) is 50.8 Å². The van der Waals surface area contributed by atoms with Gasteiger partial charge in [0.25, 0.3) is 10.0 Å². The van der Waals surface area contributed by atoms with Gasteiger partial charge in [-0.3, -0.25) is 4.72 Å². The van der Waals surface area contributed by atoms with Crippen LogP contribution >= 0.6 is 50.6 Å². The van der Waals surface area contributed by atoms with Gasteiger partial charge in [0.15, 0.2) is 11.5 Å². The Morgan fingerprint density at radius 1 is 1.13 bits per heavy atom. The molecule has 0 saturated carbocycles. The normalized spacial score (nSPS) is 17.7. The Labute approximate surface area is 245 Å². The summed E-state index contributed by atoms with van der Waals surface area (Å²) < 4.78 is 87.2. The number of benzene rings is 2. The van der Waals surface area contributed by atoms with Crippen molar-refractivity contribution < 1.29 is 35.8 Å². The number of methoxy groups -OCH3 is 2. The van der Waals surface area contributed by atoms with E-state index < -0.39 is 33.1 Å². The largest absolute Gasteiger partial charge is 0.493 e. The molecule has 212 valence electrons. The smallest absolute Gasteiger partial charge is 0.419 e. The fourth-order valence-electron chi connectivity index (χ4n) is 3.89. The van der Waals surface area contributed by atoms with Gasteiger partial charge in [0.2, 0.25) is 0 Å². The van der Waals surface area contributed by atoms with Crippen molar-refractivity contribution in [2.45, 2.75) is 39.1 Å². The molecule has 0 aliphatic carbocycles. The van der Waals surface area contributed by atoms with E-state index in [0.29, 0.717) is 35.2 Å². The summed E-state index contributed by atoms with van der Waals surface area (Å²) in [6, 6.07) is 8.10. The molecule has 3 aromatic rings. The maximum absolute atomic E-state index is 13.7. The predicted octanol–water partition coefficient (Wildman–Crippen LogP) is 7.28. The number of ether oxygens (including phenoxy) is 3. The Bertz CT molecular complexity index is 1480. The second-order valence-electron chi connectivity index (χ2n) is 8.72. The van der Waals surface area contributed by atoms with Crippen molar-refractivity contribution in [1.82, 2.24) is 5.32 Å². The highest BCUT2D eigenvalue weighted by Gasteiger charge is 2.38. The first kappa shape index (κ1) is 30.1. The minimum absolute atomic E-state index is 0.0229. The first-order valence-electron chi connectivity index (χ1n) is 11.3. The SMILES string of the molecule is COc1ccc(Sc2sc(Cl)c(S(=O)(=O)Nc3ccc(C(F)(F)F)c(O[C@]4(C)CCNC4)c3)c2Br)cc1OC. The lowest BCUT2D eigenvalue weighted by Crippen LogP contribution is -2.35. The molecule has 4 rings (SSSR count). The third-order valence-corrected chi connectivity index (χ3v) is 11.6. The van der Waals surface area contributed by atoms with Gasteiger partial charge in [-0.25, -0.2) is 8.42 Å². The Kier molecular flexibility index (Phi) is 8.94. The van der Waals surface area contributed by atoms with E-state index in [2.05, 4.69) is 26.0 Å². The Hall–Kier alpha value is -1.84. The van der Waals surface area contributed by atoms with Crippen molar-refractivity contribution in [2.75, 3.05) is 32.0 Å². The van der Waals surface area contributed by atoms with E-state index in [9.17, 15) is 21.6 Å². The second kappa shape index (κ2) is 11.6. The summed E-state index contributed by atoms with van der Waals surface area (Å²) in [7, 11) is -1.28. The highest BCUT2D eigenvalue weighted by Crippen LogP contribution is 2.49. The molecule has 0 radical (unpaired) electrons. The zero-order valence-corrected chi connectivity index (χ0v) is 25.5. The van der Waals surface area contributed by atoms with Crippen LogP contribution in [0.1, 0.15) is 18.9 Å². The zero-order chi connectivity index (χ0) is 28.6. The molecule has 0 unspecified atom stereocenters. The number of anilines is 1. The first-order valence-corrected chi connectivity index (χ1v) is 15.6. The minimum atomic E-state index is -4.69. The van der Waals surface area contributed by atoms with Crippen LogP contribution in [0, 0.1) is 0 Å². The van der Waals surface area contributed by atoms with E-state index in [0.717, 1.165) is 34.4 Å². The molecule has 1 saturated heterocycles. The number of hydrogen-bond acceptors (Lipinski definition) is 8. The van der Waals surface area contributed by atoms with Crippen LogP contribution in [-0.2, 0) is 16.2 Å². The van der Waals surface area contributed by atoms with Gasteiger partial charge < -0.3 is 19.5 Å². The van der Waals surface area contributed by atoms with E-state index in [1.807, 2.05) is 0 Å². The van der Waals surface area contributed by atoms with Crippen molar-refractivity contribution in [3.8, 4) is 17.2 Å². The summed E-state index contributed by atoms with van der Waals surface area (Å²) in [6.45, 7) is 2.65. The quantitative estimate of drug-likeness (QED) is 0.245. The second-order valence-corrected chi connectivity index (χ2v) is 14.1. The van der Waals surface area contributed by atoms with Gasteiger partial charge in [0, 0.05) is 23.9 Å². The summed E-state index contributed by atoms with van der Waals surface area (Å²) in [4.78, 5) is 0.508. The van der Waals surface area contributed by atoms with Crippen LogP contribution in [0.4, 0.5) is 18.9 Å². The molecule has 1 atom stereocenters. The molecule has 2 N–H and O–H groups in total. The van der Waals surface area contributed by atoms with Gasteiger partial charge in [-0.15, -0.1) is 11.3 Å². The Morgan fingerprint density at radius 2 is 1.85 bits per heavy atom. The number of alkyl halides is 3. The molecule has 1 aliphatic heterocycles. The summed E-state index contributed by atoms with van der Waals surface area (Å²) in [5.74, 6) is 0.572. The van der Waals surface area contributed by atoms with Crippen LogP contribution in [0.3, 0.4) is 0 Å². The van der Waals surface area contributed by atoms with Gasteiger partial charge >= 0.3 is 6.18 Å². The molecule has 0 amide bonds. The summed E-state index contributed by atoms with van der Waals surface area (Å²) in [5.41, 5.74) is -1.97. The fraction of sp³-hybridized carbons (Fsp3) is 0.333. The maximum Gasteiger partial charge on any atom is 0.419 e. The average Bonchev–Trinajstić information content (AvgIpc) is 3.40. The van der Waals surface area contributed by atoms with Crippen LogP contribution in [0.25, 0.3) is 0 Å². The maximum atomic E-state index is 13.7. The molecular weight excluding hydrogens is 665 g/mol. The van der Waals surface area contributed by atoms with E-state index >= 15 is 0 Å². The van der Waals surface area contributed by atoms with Crippen LogP contribution in [-0.4, -0.2) is 41.3 Å². The van der Waals surface area contributed by atoms with Crippen LogP contribution in [0.5, 0.6) is 17.2 Å². The molecule has 1 aromatic heterocycles. The van der Waals surface area contributed by atoms with Gasteiger partial charge in [-0.1, -0.05) is 23.4 Å². The third-order valence-electron chi connectivity index (χ3n) is 5.80. The Balaban J connectivity index is 1.63. The van der Waals surface area contributed by atoms with Gasteiger partial charge in [0.05, 0.1) is 34.2 Å². The number of halogens is 5. The predicted molar refractivity (Wildman–Crippen MR) is 149 cm³/mol. The fourth-order valence-corrected chi connectivity index (χ4v) is 9.86. The summed E-state index contributed by atoms with van der Waals surface area (Å²) in [6.07, 6.45) is -4.19. The van der Waals surface area contributed by atoms with Crippen molar-refractivity contribution >= 4 is 66.3 Å². The number of thiophene rings is 1. The lowest BCUT2D eigenvalue weighted by Gasteiger charge is -2.27. The summed E-state index contributed by atoms with van der Waals surface area (Å²) in [5, 5.41) is 3.06. The van der Waals surface area contributed by atoms with Gasteiger partial charge in [-0.05, 0) is 59.7 Å². The monoisotopic (exact) mass is 686 g/mol. The molecule has 39 heavy (non-hydrogen) atoms. The zero-order valence-electron chi connectivity index (χ0n) is 20.7. The standard InChI is InChI=1S/C24H23BrClF3N2O5S3/c1-23(8-9-30-12-23)36-17-10-13(4-6-15(17)24(27,28)29)31-39(32,33)20-19(25)22(38-21(20)26)37-14-5-7-16(34-2)18(11-14)35-3/h4-7,10-11,30-31H,8-9,12H2,1-3H3/t23-/m1/s1. The topological polar surface area (TPSA) is 85.9 Å². The minimum Gasteiger partial charge on any atom is -0.493 e. The molecule has 1 aliphatic rings. The molecule has 2 aromatic carbocycles. The number of nitrogens with one attached hydrogen (secondary N) is 2. The molecule has 1 fully saturated rings. The third kappa shape index (κ3) is 6.73. The van der Waals surface area contributed by atoms with Crippen molar-refractivity contribution in [3.63, 3.8) is 0 Å². The number of rotatable bonds is 9. The van der Waals surface area contributed by atoms with Crippen LogP contribution < -0.4 is 24.2 Å². The Morgan fingerprint density at radius 3 is 2.46 bits per heavy atom. The van der Waals surface area contributed by atoms with Crippen LogP contribution in [0.2, 0.25) is 4.34 Å². The first-order chi connectivity index (χ1) is 18.3. The molecule has 0 bridgehead atoms. The molecular formula is C24H23BrClF3N2O5S3. The van der Waals surface area contributed by atoms with Crippen molar-refractivity contribution in [2.24, 2.45) is 0 Å². The molecule has 7 nitrogen and oxygen atoms in total. The highest BCUT2D eigenvalue weighted by molar-refractivity contribution is 9.10. The summed E-state index contributed by atoms with van der Waals surface area (Å²) >= 11 is 12.0. The van der Waals surface area contributed by atoms with Crippen molar-refractivity contribution in [1.29, 1.82) is 0 Å². The highest BCUT2D eigenvalue weighted by atomic mass is 79.9. The molecule has 2 heterocycles. The molecule has 15 heteroatoms. The molecule has 0 spiro atoms. The number of hydrogen-bond donors (Lipinski definition) is 2. The van der Waals surface area contributed by atoms with E-state index in [1.54, 1.807) is 25.1 Å². The lowest BCUT2D eigenvalue weighted by atomic mass is 10.1. The van der Waals surface area contributed by atoms with E-state index in [-0.39, 0.29) is 19.4 Å². The van der Waals surface area contributed by atoms with E-state index in [1.165, 1.54) is 26.0 Å². The van der Waals surface area contributed by atoms with Gasteiger partial charge in [-0.2, -0.15) is 13.2 Å². The number of sulfonamides is 1. The lowest BCUT2D eigenvalue weighted by molar-refractivity contribution is -0.139. The van der Waals surface area contributed by atoms with E-state index in [4.69, 9.17) is 25.8 Å².